The number of hydrogen-bond donors (Lipinski definition) is 0. The van der Waals surface area contributed by atoms with E-state index >= 15 is 0 Å². The third-order valence-electron chi connectivity index (χ3n) is 2.93. The van der Waals surface area contributed by atoms with Crippen LogP contribution in [0.1, 0.15) is 18.9 Å². The Morgan fingerprint density at radius 1 is 1.35 bits per heavy atom. The van der Waals surface area contributed by atoms with Gasteiger partial charge in [-0.15, -0.1) is 0 Å². The molecule has 0 saturated heterocycles. The molecule has 1 aliphatic carbocycles. The fraction of sp³-hybridized carbons (Fsp3) is 0.250. The minimum Gasteiger partial charge on any atom is -0.429 e. The van der Waals surface area contributed by atoms with Crippen LogP contribution in [0.4, 0.5) is 0 Å². The van der Waals surface area contributed by atoms with E-state index in [9.17, 15) is 4.79 Å². The van der Waals surface area contributed by atoms with E-state index in [-0.39, 0.29) is 5.97 Å². The van der Waals surface area contributed by atoms with Gasteiger partial charge in [-0.25, -0.2) is 0 Å². The summed E-state index contributed by atoms with van der Waals surface area (Å²) in [5.74, 6) is -1.38. The van der Waals surface area contributed by atoms with Gasteiger partial charge in [-0.3, -0.25) is 9.79 Å². The van der Waals surface area contributed by atoms with Crippen molar-refractivity contribution >= 4 is 12.2 Å². The highest BCUT2D eigenvalue weighted by Gasteiger charge is 2.31. The Morgan fingerprint density at radius 3 is 2.65 bits per heavy atom. The number of carbonyl (C=O) groups is 1. The average Bonchev–Trinajstić information content (AvgIpc) is 2.47. The summed E-state index contributed by atoms with van der Waals surface area (Å²) in [6.45, 7) is 1.36. The SMILES string of the molecule is COC1(OC(C)=O)C=CC(N=Cc2ccccc2)=CC1. The van der Waals surface area contributed by atoms with Gasteiger partial charge >= 0.3 is 5.97 Å². The Morgan fingerprint density at radius 2 is 2.10 bits per heavy atom. The molecular formula is C16H17NO3. The zero-order valence-corrected chi connectivity index (χ0v) is 11.6. The van der Waals surface area contributed by atoms with E-state index in [0.29, 0.717) is 6.42 Å². The Balaban J connectivity index is 2.04. The van der Waals surface area contributed by atoms with Crippen LogP contribution >= 0.6 is 0 Å². The third-order valence-corrected chi connectivity index (χ3v) is 2.93. The summed E-state index contributed by atoms with van der Waals surface area (Å²) >= 11 is 0. The second-order valence-electron chi connectivity index (χ2n) is 4.44. The number of allylic oxidation sites excluding steroid dienone is 1. The first-order valence-corrected chi connectivity index (χ1v) is 6.37. The van der Waals surface area contributed by atoms with Crippen molar-refractivity contribution in [1.29, 1.82) is 0 Å². The Bertz CT molecular complexity index is 560. The fourth-order valence-electron chi connectivity index (χ4n) is 1.89. The lowest BCUT2D eigenvalue weighted by molar-refractivity contribution is -0.197. The molecule has 0 saturated carbocycles. The largest absolute Gasteiger partial charge is 0.429 e. The first-order chi connectivity index (χ1) is 9.63. The molecule has 0 fully saturated rings. The molecular weight excluding hydrogens is 254 g/mol. The van der Waals surface area contributed by atoms with Crippen molar-refractivity contribution in [2.75, 3.05) is 7.11 Å². The molecule has 0 N–H and O–H groups in total. The van der Waals surface area contributed by atoms with Crippen LogP contribution in [-0.4, -0.2) is 25.1 Å². The van der Waals surface area contributed by atoms with Crippen molar-refractivity contribution in [3.63, 3.8) is 0 Å². The molecule has 0 bridgehead atoms. The van der Waals surface area contributed by atoms with Crippen LogP contribution in [0.15, 0.2) is 59.2 Å². The summed E-state index contributed by atoms with van der Waals surface area (Å²) in [6.07, 6.45) is 7.62. The molecule has 1 aromatic rings. The number of rotatable bonds is 4. The second-order valence-corrected chi connectivity index (χ2v) is 4.44. The highest BCUT2D eigenvalue weighted by molar-refractivity contribution is 5.80. The molecule has 0 amide bonds. The van der Waals surface area contributed by atoms with Crippen molar-refractivity contribution < 1.29 is 14.3 Å². The first-order valence-electron chi connectivity index (χ1n) is 6.37. The summed E-state index contributed by atoms with van der Waals surface area (Å²) in [6, 6.07) is 9.85. The maximum Gasteiger partial charge on any atom is 0.305 e. The first kappa shape index (κ1) is 14.2. The predicted octanol–water partition coefficient (Wildman–Crippen LogP) is 2.86. The summed E-state index contributed by atoms with van der Waals surface area (Å²) < 4.78 is 10.5. The molecule has 1 aromatic carbocycles. The van der Waals surface area contributed by atoms with E-state index in [1.807, 2.05) is 36.4 Å². The second kappa shape index (κ2) is 6.30. The maximum atomic E-state index is 11.1. The van der Waals surface area contributed by atoms with Crippen molar-refractivity contribution in [1.82, 2.24) is 0 Å². The fourth-order valence-corrected chi connectivity index (χ4v) is 1.89. The average molecular weight is 271 g/mol. The van der Waals surface area contributed by atoms with Crippen LogP contribution in [0.2, 0.25) is 0 Å². The van der Waals surface area contributed by atoms with Gasteiger partial charge in [0.15, 0.2) is 0 Å². The van der Waals surface area contributed by atoms with Crippen molar-refractivity contribution in [3.05, 3.63) is 59.8 Å². The quantitative estimate of drug-likeness (QED) is 0.480. The van der Waals surface area contributed by atoms with Gasteiger partial charge in [0.2, 0.25) is 5.79 Å². The lowest BCUT2D eigenvalue weighted by Crippen LogP contribution is -2.35. The number of carbonyl (C=O) groups excluding carboxylic acids is 1. The zero-order chi connectivity index (χ0) is 14.4. The normalized spacial score (nSPS) is 21.8. The molecule has 0 heterocycles. The predicted molar refractivity (Wildman–Crippen MR) is 77.4 cm³/mol. The highest BCUT2D eigenvalue weighted by Crippen LogP contribution is 2.26. The summed E-state index contributed by atoms with van der Waals surface area (Å²) in [5.41, 5.74) is 1.85. The molecule has 0 aliphatic heterocycles. The Hall–Kier alpha value is -2.20. The van der Waals surface area contributed by atoms with Crippen molar-refractivity contribution in [2.45, 2.75) is 19.1 Å². The van der Waals surface area contributed by atoms with E-state index in [0.717, 1.165) is 11.3 Å². The number of aliphatic imine (C=N–C) groups is 1. The van der Waals surface area contributed by atoms with Gasteiger partial charge in [0.05, 0.1) is 5.70 Å². The molecule has 2 rings (SSSR count). The topological polar surface area (TPSA) is 47.9 Å². The monoisotopic (exact) mass is 271 g/mol. The third kappa shape index (κ3) is 3.65. The zero-order valence-electron chi connectivity index (χ0n) is 11.6. The van der Waals surface area contributed by atoms with Crippen LogP contribution < -0.4 is 0 Å². The van der Waals surface area contributed by atoms with Gasteiger partial charge < -0.3 is 9.47 Å². The number of methoxy groups -OCH3 is 1. The molecule has 104 valence electrons. The van der Waals surface area contributed by atoms with Gasteiger partial charge in [-0.2, -0.15) is 0 Å². The number of nitrogens with zero attached hydrogens (tertiary/aromatic N) is 1. The molecule has 1 atom stereocenters. The summed E-state index contributed by atoms with van der Waals surface area (Å²) in [5, 5.41) is 0. The lowest BCUT2D eigenvalue weighted by atomic mass is 10.1. The smallest absolute Gasteiger partial charge is 0.305 e. The molecule has 0 spiro atoms. The van der Waals surface area contributed by atoms with Crippen LogP contribution in [-0.2, 0) is 14.3 Å². The van der Waals surface area contributed by atoms with Gasteiger partial charge in [0.25, 0.3) is 0 Å². The standard InChI is InChI=1S/C16H17NO3/c1-13(18)20-16(19-2)10-8-15(9-11-16)17-12-14-6-4-3-5-7-14/h3-10,12H,11H2,1-2H3. The van der Waals surface area contributed by atoms with Gasteiger partial charge in [0, 0.05) is 26.7 Å². The summed E-state index contributed by atoms with van der Waals surface area (Å²) in [7, 11) is 1.51. The van der Waals surface area contributed by atoms with Crippen LogP contribution in [0, 0.1) is 0 Å². The van der Waals surface area contributed by atoms with E-state index in [4.69, 9.17) is 9.47 Å². The molecule has 0 radical (unpaired) electrons. The number of esters is 1. The minimum absolute atomic E-state index is 0.374. The number of ether oxygens (including phenoxy) is 2. The van der Waals surface area contributed by atoms with Crippen LogP contribution in [0.25, 0.3) is 0 Å². The van der Waals surface area contributed by atoms with E-state index in [1.165, 1.54) is 14.0 Å². The lowest BCUT2D eigenvalue weighted by Gasteiger charge is -2.29. The molecule has 4 nitrogen and oxygen atoms in total. The Kier molecular flexibility index (Phi) is 4.48. The Labute approximate surface area is 118 Å². The van der Waals surface area contributed by atoms with E-state index in [2.05, 4.69) is 4.99 Å². The maximum absolute atomic E-state index is 11.1. The van der Waals surface area contributed by atoms with E-state index < -0.39 is 5.79 Å². The van der Waals surface area contributed by atoms with Crippen LogP contribution in [0.5, 0.6) is 0 Å². The van der Waals surface area contributed by atoms with E-state index in [1.54, 1.807) is 18.4 Å². The number of benzene rings is 1. The van der Waals surface area contributed by atoms with Gasteiger partial charge in [0.1, 0.15) is 0 Å². The van der Waals surface area contributed by atoms with Gasteiger partial charge in [-0.05, 0) is 17.7 Å². The molecule has 1 aliphatic rings. The highest BCUT2D eigenvalue weighted by atomic mass is 16.7. The molecule has 0 aromatic heterocycles. The van der Waals surface area contributed by atoms with Gasteiger partial charge in [-0.1, -0.05) is 36.4 Å². The molecule has 20 heavy (non-hydrogen) atoms. The number of hydrogen-bond acceptors (Lipinski definition) is 4. The summed E-state index contributed by atoms with van der Waals surface area (Å²) in [4.78, 5) is 15.5. The van der Waals surface area contributed by atoms with Crippen molar-refractivity contribution in [3.8, 4) is 0 Å². The molecule has 4 heteroatoms. The van der Waals surface area contributed by atoms with Crippen molar-refractivity contribution in [2.24, 2.45) is 4.99 Å². The minimum atomic E-state index is -1.00. The van der Waals surface area contributed by atoms with Crippen LogP contribution in [0.3, 0.4) is 0 Å². The molecule has 1 unspecified atom stereocenters.